The second-order valence-corrected chi connectivity index (χ2v) is 7.49. The van der Waals surface area contributed by atoms with E-state index in [1.54, 1.807) is 24.3 Å². The van der Waals surface area contributed by atoms with Gasteiger partial charge in [0.1, 0.15) is 12.6 Å². The van der Waals surface area contributed by atoms with Crippen LogP contribution in [-0.4, -0.2) is 41.3 Å². The fourth-order valence-corrected chi connectivity index (χ4v) is 3.13. The second kappa shape index (κ2) is 11.1. The number of carbonyl (C=O) groups is 2. The molecule has 6 nitrogen and oxygen atoms in total. The van der Waals surface area contributed by atoms with Crippen molar-refractivity contribution >= 4 is 11.9 Å². The Bertz CT molecular complexity index is 909. The van der Waals surface area contributed by atoms with Crippen LogP contribution >= 0.6 is 0 Å². The van der Waals surface area contributed by atoms with E-state index < -0.39 is 12.0 Å². The van der Waals surface area contributed by atoms with E-state index in [2.05, 4.69) is 31.0 Å². The summed E-state index contributed by atoms with van der Waals surface area (Å²) < 4.78 is 0. The molecule has 30 heavy (non-hydrogen) atoms. The lowest BCUT2D eigenvalue weighted by atomic mass is 9.88. The Morgan fingerprint density at radius 2 is 1.70 bits per heavy atom. The summed E-state index contributed by atoms with van der Waals surface area (Å²) in [7, 11) is 0. The highest BCUT2D eigenvalue weighted by atomic mass is 16.4. The number of hydrogen-bond donors (Lipinski definition) is 4. The molecule has 0 aliphatic heterocycles. The van der Waals surface area contributed by atoms with Gasteiger partial charge in [-0.2, -0.15) is 0 Å². The molecule has 0 aliphatic rings. The highest BCUT2D eigenvalue weighted by Crippen LogP contribution is 2.24. The third kappa shape index (κ3) is 6.73. The second-order valence-electron chi connectivity index (χ2n) is 7.49. The average Bonchev–Trinajstić information content (AvgIpc) is 2.73. The van der Waals surface area contributed by atoms with Crippen LogP contribution in [0.2, 0.25) is 0 Å². The van der Waals surface area contributed by atoms with Gasteiger partial charge in [0, 0.05) is 23.6 Å². The van der Waals surface area contributed by atoms with Crippen LogP contribution in [0.1, 0.15) is 46.8 Å². The van der Waals surface area contributed by atoms with Gasteiger partial charge in [0.15, 0.2) is 0 Å². The monoisotopic (exact) mass is 408 g/mol. The lowest BCUT2D eigenvalue weighted by Crippen LogP contribution is -2.32. The number of hydrogen-bond acceptors (Lipinski definition) is 4. The number of aliphatic carboxylic acids is 1. The molecule has 0 spiro atoms. The zero-order valence-electron chi connectivity index (χ0n) is 17.3. The number of rotatable bonds is 8. The molecule has 2 aromatic carbocycles. The van der Waals surface area contributed by atoms with Crippen LogP contribution < -0.4 is 11.1 Å². The molecule has 0 radical (unpaired) electrons. The van der Waals surface area contributed by atoms with Crippen molar-refractivity contribution in [3.8, 4) is 11.8 Å². The van der Waals surface area contributed by atoms with Gasteiger partial charge in [-0.05, 0) is 47.7 Å². The molecule has 0 heterocycles. The number of benzene rings is 2. The summed E-state index contributed by atoms with van der Waals surface area (Å²) in [6, 6.07) is 13.7. The number of nitrogens with one attached hydrogen (secondary N) is 1. The normalized spacial score (nSPS) is 12.6. The molecule has 2 atom stereocenters. The zero-order valence-corrected chi connectivity index (χ0v) is 17.3. The molecular formula is C24H28N2O4. The van der Waals surface area contributed by atoms with Crippen LogP contribution in [-0.2, 0) is 11.2 Å². The van der Waals surface area contributed by atoms with Crippen LogP contribution in [0.15, 0.2) is 48.5 Å². The Morgan fingerprint density at radius 1 is 1.07 bits per heavy atom. The molecule has 2 aromatic rings. The van der Waals surface area contributed by atoms with Crippen LogP contribution in [0.4, 0.5) is 0 Å². The van der Waals surface area contributed by atoms with Crippen molar-refractivity contribution < 1.29 is 19.8 Å². The van der Waals surface area contributed by atoms with Crippen LogP contribution in [0.25, 0.3) is 0 Å². The van der Waals surface area contributed by atoms with E-state index >= 15 is 0 Å². The van der Waals surface area contributed by atoms with E-state index in [0.29, 0.717) is 18.0 Å². The van der Waals surface area contributed by atoms with E-state index in [0.717, 1.165) is 16.7 Å². The van der Waals surface area contributed by atoms with Gasteiger partial charge in [-0.25, -0.2) is 0 Å². The van der Waals surface area contributed by atoms with Crippen molar-refractivity contribution in [2.24, 2.45) is 11.7 Å². The van der Waals surface area contributed by atoms with Gasteiger partial charge in [0.25, 0.3) is 5.91 Å². The van der Waals surface area contributed by atoms with Crippen molar-refractivity contribution in [2.75, 3.05) is 13.2 Å². The van der Waals surface area contributed by atoms with E-state index in [1.807, 2.05) is 24.3 Å². The number of carboxylic acids is 1. The molecule has 0 fully saturated rings. The summed E-state index contributed by atoms with van der Waals surface area (Å²) >= 11 is 0. The van der Waals surface area contributed by atoms with Crippen molar-refractivity contribution in [3.05, 3.63) is 70.8 Å². The Hall–Kier alpha value is -3.14. The van der Waals surface area contributed by atoms with E-state index in [4.69, 9.17) is 15.9 Å². The molecule has 0 bridgehead atoms. The Labute approximate surface area is 177 Å². The predicted molar refractivity (Wildman–Crippen MR) is 116 cm³/mol. The number of amides is 1. The Balaban J connectivity index is 2.00. The quantitative estimate of drug-likeness (QED) is 0.500. The largest absolute Gasteiger partial charge is 0.480 e. The number of nitrogens with two attached hydrogens (primary N) is 1. The first kappa shape index (κ1) is 23.1. The topological polar surface area (TPSA) is 113 Å². The number of carboxylic acid groups (broad SMARTS) is 1. The summed E-state index contributed by atoms with van der Waals surface area (Å²) in [6.07, 6.45) is 0.214. The lowest BCUT2D eigenvalue weighted by molar-refractivity contribution is -0.138. The summed E-state index contributed by atoms with van der Waals surface area (Å²) in [6.45, 7) is 4.53. The minimum Gasteiger partial charge on any atom is -0.480 e. The number of aliphatic hydroxyl groups is 1. The molecule has 158 valence electrons. The maximum atomic E-state index is 12.5. The fourth-order valence-electron chi connectivity index (χ4n) is 3.13. The Kier molecular flexibility index (Phi) is 8.60. The Morgan fingerprint density at radius 3 is 2.23 bits per heavy atom. The minimum absolute atomic E-state index is 0.140. The third-order valence-electron chi connectivity index (χ3n) is 4.93. The van der Waals surface area contributed by atoms with Crippen LogP contribution in [0.5, 0.6) is 0 Å². The molecule has 6 heteroatoms. The third-order valence-corrected chi connectivity index (χ3v) is 4.93. The minimum atomic E-state index is -1.05. The lowest BCUT2D eigenvalue weighted by Gasteiger charge is -2.22. The summed E-state index contributed by atoms with van der Waals surface area (Å²) in [5.74, 6) is 4.73. The van der Waals surface area contributed by atoms with Gasteiger partial charge < -0.3 is 21.3 Å². The van der Waals surface area contributed by atoms with Crippen molar-refractivity contribution in [2.45, 2.75) is 32.2 Å². The molecule has 1 amide bonds. The van der Waals surface area contributed by atoms with Gasteiger partial charge in [0.05, 0.1) is 0 Å². The summed E-state index contributed by atoms with van der Waals surface area (Å²) in [4.78, 5) is 23.4. The standard InChI is InChI=1S/C24H28N2O4/c1-16(2)21(19-9-5-17(6-10-19)4-3-13-27)15-26-23(28)20-11-7-18(8-12-20)14-22(25)24(29)30/h5-12,16,21-22,27H,13-15,25H2,1-2H3,(H,26,28)(H,29,30)/t21-,22+/m1/s1. The highest BCUT2D eigenvalue weighted by molar-refractivity contribution is 5.94. The van der Waals surface area contributed by atoms with Gasteiger partial charge >= 0.3 is 5.97 Å². The van der Waals surface area contributed by atoms with E-state index in [1.165, 1.54) is 0 Å². The van der Waals surface area contributed by atoms with Gasteiger partial charge in [0.2, 0.25) is 0 Å². The SMILES string of the molecule is CC(C)[C@@H](CNC(=O)c1ccc(C[C@H](N)C(=O)O)cc1)c1ccc(C#CCO)cc1. The molecule has 0 saturated carbocycles. The molecule has 2 rings (SSSR count). The van der Waals surface area contributed by atoms with E-state index in [-0.39, 0.29) is 24.9 Å². The maximum Gasteiger partial charge on any atom is 0.320 e. The van der Waals surface area contributed by atoms with Crippen molar-refractivity contribution in [3.63, 3.8) is 0 Å². The van der Waals surface area contributed by atoms with Crippen molar-refractivity contribution in [1.82, 2.24) is 5.32 Å². The van der Waals surface area contributed by atoms with Gasteiger partial charge in [-0.1, -0.05) is 50.0 Å². The number of aliphatic hydroxyl groups excluding tert-OH is 1. The summed E-state index contributed by atoms with van der Waals surface area (Å²) in [5, 5.41) is 20.7. The fraction of sp³-hybridized carbons (Fsp3) is 0.333. The molecule has 0 aromatic heterocycles. The number of carbonyl (C=O) groups excluding carboxylic acids is 1. The smallest absolute Gasteiger partial charge is 0.320 e. The molecule has 0 aliphatic carbocycles. The van der Waals surface area contributed by atoms with Gasteiger partial charge in [-0.3, -0.25) is 9.59 Å². The van der Waals surface area contributed by atoms with Crippen LogP contribution in [0, 0.1) is 17.8 Å². The first-order valence-electron chi connectivity index (χ1n) is 9.87. The molecular weight excluding hydrogens is 380 g/mol. The van der Waals surface area contributed by atoms with Crippen LogP contribution in [0.3, 0.4) is 0 Å². The first-order chi connectivity index (χ1) is 14.3. The highest BCUT2D eigenvalue weighted by Gasteiger charge is 2.18. The van der Waals surface area contributed by atoms with Crippen molar-refractivity contribution in [1.29, 1.82) is 0 Å². The molecule has 0 unspecified atom stereocenters. The first-order valence-corrected chi connectivity index (χ1v) is 9.87. The maximum absolute atomic E-state index is 12.5. The molecule has 5 N–H and O–H groups in total. The summed E-state index contributed by atoms with van der Waals surface area (Å²) in [5.41, 5.74) is 8.77. The van der Waals surface area contributed by atoms with E-state index in [9.17, 15) is 9.59 Å². The molecule has 0 saturated heterocycles. The zero-order chi connectivity index (χ0) is 22.1. The predicted octanol–water partition coefficient (Wildman–Crippen LogP) is 2.15. The van der Waals surface area contributed by atoms with Gasteiger partial charge in [-0.15, -0.1) is 0 Å². The average molecular weight is 408 g/mol.